The maximum Gasteiger partial charge on any atom is 0.240 e. The van der Waals surface area contributed by atoms with Gasteiger partial charge in [-0.05, 0) is 54.1 Å². The number of hydrogen-bond acceptors (Lipinski definition) is 7. The second-order valence-corrected chi connectivity index (χ2v) is 11.1. The van der Waals surface area contributed by atoms with E-state index in [4.69, 9.17) is 19.0 Å². The van der Waals surface area contributed by atoms with Crippen molar-refractivity contribution < 1.29 is 27.9 Å². The van der Waals surface area contributed by atoms with Crippen molar-refractivity contribution >= 4 is 29.4 Å². The van der Waals surface area contributed by atoms with Gasteiger partial charge in [0.05, 0.1) is 49.4 Å². The molecule has 0 fully saturated rings. The van der Waals surface area contributed by atoms with E-state index in [0.29, 0.717) is 34.5 Å². The van der Waals surface area contributed by atoms with E-state index < -0.39 is 5.82 Å². The van der Waals surface area contributed by atoms with E-state index >= 15 is 0 Å². The lowest BCUT2D eigenvalue weighted by molar-refractivity contribution is -0.123. The number of furan rings is 1. The summed E-state index contributed by atoms with van der Waals surface area (Å²) in [4.78, 5) is 28.6. The van der Waals surface area contributed by atoms with E-state index in [1.54, 1.807) is 43.2 Å². The molecule has 0 saturated carbocycles. The number of ether oxygens (including phenoxy) is 2. The minimum absolute atomic E-state index is 0.0941. The van der Waals surface area contributed by atoms with Gasteiger partial charge in [-0.3, -0.25) is 14.5 Å². The van der Waals surface area contributed by atoms with Gasteiger partial charge in [-0.25, -0.2) is 9.07 Å². The van der Waals surface area contributed by atoms with Crippen LogP contribution in [0.4, 0.5) is 10.2 Å². The number of benzene rings is 3. The molecule has 2 amide bonds. The Labute approximate surface area is 257 Å². The number of thioether (sulfide) groups is 1. The number of fused-ring (bicyclic) bond motifs is 1. The van der Waals surface area contributed by atoms with Crippen molar-refractivity contribution in [1.82, 2.24) is 15.1 Å². The highest BCUT2D eigenvalue weighted by Gasteiger charge is 2.38. The van der Waals surface area contributed by atoms with Gasteiger partial charge in [-0.1, -0.05) is 36.4 Å². The number of carbonyl (C=O) groups excluding carboxylic acids is 2. The predicted molar refractivity (Wildman–Crippen MR) is 166 cm³/mol. The molecule has 3 aromatic carbocycles. The number of nitrogens with one attached hydrogen (secondary N) is 1. The van der Waals surface area contributed by atoms with Crippen LogP contribution in [-0.2, 0) is 16.1 Å². The summed E-state index contributed by atoms with van der Waals surface area (Å²) in [5.41, 5.74) is 3.60. The van der Waals surface area contributed by atoms with E-state index in [0.717, 1.165) is 16.7 Å². The van der Waals surface area contributed by atoms with Crippen LogP contribution in [0.5, 0.6) is 11.5 Å². The van der Waals surface area contributed by atoms with Crippen LogP contribution in [0.1, 0.15) is 22.1 Å². The van der Waals surface area contributed by atoms with Gasteiger partial charge in [0.2, 0.25) is 11.8 Å². The lowest BCUT2D eigenvalue weighted by atomic mass is 9.99. The summed E-state index contributed by atoms with van der Waals surface area (Å²) in [5, 5.41) is 7.48. The van der Waals surface area contributed by atoms with Crippen LogP contribution in [-0.4, -0.2) is 48.1 Å². The van der Waals surface area contributed by atoms with Gasteiger partial charge in [0, 0.05) is 11.1 Å². The van der Waals surface area contributed by atoms with Crippen molar-refractivity contribution in [2.45, 2.75) is 11.8 Å². The largest absolute Gasteiger partial charge is 0.493 e. The molecule has 0 aliphatic carbocycles. The van der Waals surface area contributed by atoms with Gasteiger partial charge >= 0.3 is 0 Å². The summed E-state index contributed by atoms with van der Waals surface area (Å²) in [6.07, 6.45) is 1.53. The van der Waals surface area contributed by atoms with Gasteiger partial charge in [-0.2, -0.15) is 5.10 Å². The summed E-state index contributed by atoms with van der Waals surface area (Å²) in [5.74, 6) is 1.19. The molecule has 1 atom stereocenters. The lowest BCUT2D eigenvalue weighted by Gasteiger charge is -2.23. The first-order valence-corrected chi connectivity index (χ1v) is 14.9. The van der Waals surface area contributed by atoms with Crippen molar-refractivity contribution in [3.05, 3.63) is 114 Å². The van der Waals surface area contributed by atoms with Gasteiger partial charge in [0.1, 0.15) is 23.9 Å². The fraction of sp³-hybridized carbons (Fsp3) is 0.182. The van der Waals surface area contributed by atoms with E-state index in [1.807, 2.05) is 48.5 Å². The average Bonchev–Trinajstić information content (AvgIpc) is 3.69. The summed E-state index contributed by atoms with van der Waals surface area (Å²) in [6.45, 7) is -0.0803. The molecule has 0 bridgehead atoms. The number of nitrogens with zero attached hydrogens (tertiary/aromatic N) is 3. The zero-order valence-electron chi connectivity index (χ0n) is 24.0. The SMILES string of the molecule is COc1ccc([C@@H]2SCC(=O)N(CC(=O)NCc3ccco3)c3c2c(-c2ccccc2)nn3-c2ccc(F)cc2)cc1OC. The van der Waals surface area contributed by atoms with Crippen LogP contribution >= 0.6 is 11.8 Å². The van der Waals surface area contributed by atoms with Crippen LogP contribution in [0, 0.1) is 5.82 Å². The molecule has 6 rings (SSSR count). The zero-order chi connectivity index (χ0) is 30.6. The lowest BCUT2D eigenvalue weighted by Crippen LogP contribution is -2.42. The summed E-state index contributed by atoms with van der Waals surface area (Å²) < 4.78 is 32.1. The van der Waals surface area contributed by atoms with Crippen LogP contribution in [0.2, 0.25) is 0 Å². The maximum atomic E-state index is 14.0. The quantitative estimate of drug-likeness (QED) is 0.226. The van der Waals surface area contributed by atoms with E-state index in [9.17, 15) is 14.0 Å². The Kier molecular flexibility index (Phi) is 8.38. The van der Waals surface area contributed by atoms with Crippen molar-refractivity contribution in [3.8, 4) is 28.4 Å². The second kappa shape index (κ2) is 12.7. The Bertz CT molecular complexity index is 1770. The zero-order valence-corrected chi connectivity index (χ0v) is 24.8. The molecule has 224 valence electrons. The normalized spacial score (nSPS) is 14.6. The molecule has 0 radical (unpaired) electrons. The van der Waals surface area contributed by atoms with Crippen molar-refractivity contribution in [2.24, 2.45) is 0 Å². The van der Waals surface area contributed by atoms with Crippen LogP contribution in [0.15, 0.2) is 95.6 Å². The number of methoxy groups -OCH3 is 2. The third kappa shape index (κ3) is 5.78. The standard InChI is InChI=1S/C33H29FN4O5S/c1-41-26-15-10-22(17-27(26)42-2)32-30-31(21-7-4-3-5-8-21)36-38(24-13-11-23(34)12-14-24)33(30)37(29(40)20-44-32)19-28(39)35-18-25-9-6-16-43-25/h3-17,32H,18-20H2,1-2H3,(H,35,39)/t32-/m0/s1. The van der Waals surface area contributed by atoms with Crippen molar-refractivity contribution in [3.63, 3.8) is 0 Å². The summed E-state index contributed by atoms with van der Waals surface area (Å²) in [6, 6.07) is 24.7. The molecule has 0 unspecified atom stereocenters. The number of amides is 2. The molecule has 1 aliphatic rings. The maximum absolute atomic E-state index is 14.0. The molecule has 1 N–H and O–H groups in total. The Hall–Kier alpha value is -5.03. The molecule has 11 heteroatoms. The summed E-state index contributed by atoms with van der Waals surface area (Å²) in [7, 11) is 3.14. The first kappa shape index (κ1) is 29.1. The number of anilines is 1. The molecule has 3 heterocycles. The van der Waals surface area contributed by atoms with E-state index in [-0.39, 0.29) is 35.9 Å². The van der Waals surface area contributed by atoms with E-state index in [2.05, 4.69) is 5.32 Å². The van der Waals surface area contributed by atoms with Gasteiger partial charge in [0.25, 0.3) is 0 Å². The number of halogens is 1. The fourth-order valence-electron chi connectivity index (χ4n) is 5.17. The molecule has 1 aliphatic heterocycles. The predicted octanol–water partition coefficient (Wildman–Crippen LogP) is 5.77. The third-order valence-corrected chi connectivity index (χ3v) is 8.51. The highest BCUT2D eigenvalue weighted by Crippen LogP contribution is 2.49. The Morgan fingerprint density at radius 3 is 2.50 bits per heavy atom. The number of hydrogen-bond donors (Lipinski definition) is 1. The fourth-order valence-corrected chi connectivity index (χ4v) is 6.36. The molecule has 0 spiro atoms. The highest BCUT2D eigenvalue weighted by atomic mass is 32.2. The van der Waals surface area contributed by atoms with Gasteiger partial charge < -0.3 is 19.2 Å². The molecule has 9 nitrogen and oxygen atoms in total. The topological polar surface area (TPSA) is 98.8 Å². The average molecular weight is 613 g/mol. The van der Waals surface area contributed by atoms with Crippen LogP contribution in [0.25, 0.3) is 16.9 Å². The Morgan fingerprint density at radius 2 is 1.80 bits per heavy atom. The molecular weight excluding hydrogens is 583 g/mol. The molecule has 44 heavy (non-hydrogen) atoms. The molecular formula is C33H29FN4O5S. The highest BCUT2D eigenvalue weighted by molar-refractivity contribution is 8.00. The second-order valence-electron chi connectivity index (χ2n) is 9.98. The molecule has 5 aromatic rings. The first-order chi connectivity index (χ1) is 21.5. The smallest absolute Gasteiger partial charge is 0.240 e. The first-order valence-electron chi connectivity index (χ1n) is 13.8. The Morgan fingerprint density at radius 1 is 1.02 bits per heavy atom. The minimum Gasteiger partial charge on any atom is -0.493 e. The van der Waals surface area contributed by atoms with Crippen molar-refractivity contribution in [2.75, 3.05) is 31.4 Å². The third-order valence-electron chi connectivity index (χ3n) is 7.26. The number of carbonyl (C=O) groups is 2. The van der Waals surface area contributed by atoms with Crippen LogP contribution < -0.4 is 19.7 Å². The monoisotopic (exact) mass is 612 g/mol. The number of aromatic nitrogens is 2. The van der Waals surface area contributed by atoms with Gasteiger partial charge in [0.15, 0.2) is 11.5 Å². The number of rotatable bonds is 9. The van der Waals surface area contributed by atoms with Gasteiger partial charge in [-0.15, -0.1) is 11.8 Å². The molecule has 2 aromatic heterocycles. The molecule has 0 saturated heterocycles. The van der Waals surface area contributed by atoms with E-state index in [1.165, 1.54) is 35.1 Å². The minimum atomic E-state index is -0.403. The van der Waals surface area contributed by atoms with Crippen molar-refractivity contribution in [1.29, 1.82) is 0 Å². The van der Waals surface area contributed by atoms with Crippen LogP contribution in [0.3, 0.4) is 0 Å². The Balaban J connectivity index is 1.54. The summed E-state index contributed by atoms with van der Waals surface area (Å²) >= 11 is 1.43.